The second-order valence-electron chi connectivity index (χ2n) is 8.42. The van der Waals surface area contributed by atoms with Gasteiger partial charge in [0.05, 0.1) is 32.9 Å². The number of hydrogen-bond donors (Lipinski definition) is 1. The lowest BCUT2D eigenvalue weighted by Crippen LogP contribution is -2.48. The lowest BCUT2D eigenvalue weighted by Gasteiger charge is -2.34. The van der Waals surface area contributed by atoms with Crippen LogP contribution in [0.2, 0.25) is 0 Å². The van der Waals surface area contributed by atoms with Crippen molar-refractivity contribution in [3.8, 4) is 0 Å². The fourth-order valence-corrected chi connectivity index (χ4v) is 3.91. The minimum absolute atomic E-state index is 0.216. The minimum atomic E-state index is -0.788. The van der Waals surface area contributed by atoms with E-state index < -0.39 is 27.1 Å². The normalized spacial score (nSPS) is 12.8. The molecule has 12 nitrogen and oxygen atoms in total. The van der Waals surface area contributed by atoms with E-state index >= 15 is 0 Å². The van der Waals surface area contributed by atoms with E-state index in [-0.39, 0.29) is 5.56 Å². The van der Waals surface area contributed by atoms with Crippen LogP contribution in [0, 0.1) is 20.2 Å². The molecule has 0 aliphatic carbocycles. The average Bonchev–Trinajstić information content (AvgIpc) is 2.97. The quantitative estimate of drug-likeness (QED) is 0.267. The number of nitro benzene ring substituents is 2. The van der Waals surface area contributed by atoms with Crippen LogP contribution in [0.25, 0.3) is 0 Å². The van der Waals surface area contributed by atoms with Gasteiger partial charge in [-0.1, -0.05) is 48.5 Å². The first-order valence-corrected chi connectivity index (χ1v) is 11.7. The highest BCUT2D eigenvalue weighted by molar-refractivity contribution is 6.06. The topological polar surface area (TPSA) is 148 Å². The van der Waals surface area contributed by atoms with Crippen molar-refractivity contribution in [3.63, 3.8) is 0 Å². The molecule has 193 valence electrons. The third-order valence-corrected chi connectivity index (χ3v) is 5.77. The molecule has 1 heterocycles. The van der Waals surface area contributed by atoms with Gasteiger partial charge in [0.1, 0.15) is 6.67 Å². The maximum Gasteiger partial charge on any atom is 0.277 e. The highest BCUT2D eigenvalue weighted by Gasteiger charge is 2.24. The van der Waals surface area contributed by atoms with Gasteiger partial charge in [-0.2, -0.15) is 0 Å². The van der Waals surface area contributed by atoms with Gasteiger partial charge in [-0.05, 0) is 36.4 Å². The number of benzene rings is 4. The predicted octanol–water partition coefficient (Wildman–Crippen LogP) is 4.92. The summed E-state index contributed by atoms with van der Waals surface area (Å²) < 4.78 is 0. The molecule has 4 aromatic carbocycles. The summed E-state index contributed by atoms with van der Waals surface area (Å²) in [6.07, 6.45) is 0. The van der Waals surface area contributed by atoms with Gasteiger partial charge < -0.3 is 5.32 Å². The lowest BCUT2D eigenvalue weighted by molar-refractivity contribution is -0.394. The van der Waals surface area contributed by atoms with Crippen LogP contribution in [0.15, 0.2) is 108 Å². The molecule has 12 heteroatoms. The van der Waals surface area contributed by atoms with Gasteiger partial charge in [0.25, 0.3) is 17.3 Å². The molecule has 0 atom stereocenters. The summed E-state index contributed by atoms with van der Waals surface area (Å²) in [5.74, 6) is -0.352. The fourth-order valence-electron chi connectivity index (χ4n) is 3.91. The number of carbonyl (C=O) groups is 1. The van der Waals surface area contributed by atoms with Crippen molar-refractivity contribution in [2.24, 2.45) is 5.10 Å². The number of anilines is 3. The summed E-state index contributed by atoms with van der Waals surface area (Å²) in [7, 11) is 0. The second kappa shape index (κ2) is 10.7. The zero-order valence-electron chi connectivity index (χ0n) is 20.2. The second-order valence-corrected chi connectivity index (χ2v) is 8.42. The third kappa shape index (κ3) is 5.64. The molecule has 1 amide bonds. The molecule has 0 saturated carbocycles. The monoisotopic (exact) mass is 522 g/mol. The van der Waals surface area contributed by atoms with Crippen molar-refractivity contribution in [2.45, 2.75) is 0 Å². The highest BCUT2D eigenvalue weighted by atomic mass is 16.6. The Kier molecular flexibility index (Phi) is 6.82. The van der Waals surface area contributed by atoms with Crippen LogP contribution in [-0.2, 0) is 0 Å². The molecule has 0 spiro atoms. The zero-order chi connectivity index (χ0) is 27.4. The molecule has 4 aromatic rings. The lowest BCUT2D eigenvalue weighted by atomic mass is 10.1. The largest absolute Gasteiger partial charge is 0.322 e. The van der Waals surface area contributed by atoms with Crippen molar-refractivity contribution in [2.75, 3.05) is 22.0 Å². The summed E-state index contributed by atoms with van der Waals surface area (Å²) >= 11 is 0. The maximum absolute atomic E-state index is 12.9. The van der Waals surface area contributed by atoms with E-state index in [0.29, 0.717) is 23.8 Å². The van der Waals surface area contributed by atoms with E-state index in [0.717, 1.165) is 29.6 Å². The SMILES string of the molecule is O=C(Nc1cccc(C2=NN(c3ccccc3)CN(c3ccccc3)[N]2)c1)c1cc([N+](=O)[O-])cc([N+](=O)[O-])c1. The summed E-state index contributed by atoms with van der Waals surface area (Å²) in [5, 5.41) is 33.4. The highest BCUT2D eigenvalue weighted by Crippen LogP contribution is 2.25. The van der Waals surface area contributed by atoms with E-state index in [1.165, 1.54) is 0 Å². The van der Waals surface area contributed by atoms with Crippen LogP contribution in [0.5, 0.6) is 0 Å². The van der Waals surface area contributed by atoms with Crippen LogP contribution < -0.4 is 20.8 Å². The molecule has 0 bridgehead atoms. The van der Waals surface area contributed by atoms with Gasteiger partial charge in [-0.15, -0.1) is 10.5 Å². The molecule has 0 unspecified atom stereocenters. The molecule has 1 N–H and O–H groups in total. The molecule has 1 aliphatic rings. The third-order valence-electron chi connectivity index (χ3n) is 5.77. The number of rotatable bonds is 7. The van der Waals surface area contributed by atoms with Gasteiger partial charge in [-0.25, -0.2) is 10.0 Å². The first-order chi connectivity index (χ1) is 18.9. The summed E-state index contributed by atoms with van der Waals surface area (Å²) in [6.45, 7) is 0.375. The number of carbonyl (C=O) groups excluding carboxylic acids is 1. The maximum atomic E-state index is 12.9. The Morgan fingerprint density at radius 3 is 1.92 bits per heavy atom. The van der Waals surface area contributed by atoms with Gasteiger partial charge in [0.15, 0.2) is 5.84 Å². The Labute approximate surface area is 222 Å². The molecule has 5 rings (SSSR count). The number of non-ortho nitro benzene ring substituents is 2. The van der Waals surface area contributed by atoms with Crippen LogP contribution in [0.4, 0.5) is 28.4 Å². The average molecular weight is 523 g/mol. The van der Waals surface area contributed by atoms with Crippen molar-refractivity contribution in [3.05, 3.63) is 134 Å². The van der Waals surface area contributed by atoms with Crippen LogP contribution >= 0.6 is 0 Å². The number of amidine groups is 1. The Morgan fingerprint density at radius 2 is 1.33 bits per heavy atom. The van der Waals surface area contributed by atoms with Crippen molar-refractivity contribution >= 4 is 40.2 Å². The number of hydrogen-bond acceptors (Lipinski definition) is 8. The van der Waals surface area contributed by atoms with Gasteiger partial charge in [0.2, 0.25) is 0 Å². The Bertz CT molecular complexity index is 1550. The predicted molar refractivity (Wildman–Crippen MR) is 146 cm³/mol. The van der Waals surface area contributed by atoms with E-state index in [4.69, 9.17) is 10.5 Å². The molecule has 0 saturated heterocycles. The number of para-hydroxylation sites is 2. The number of hydrazone groups is 1. The first-order valence-electron chi connectivity index (χ1n) is 11.7. The molecule has 39 heavy (non-hydrogen) atoms. The summed E-state index contributed by atoms with van der Waals surface area (Å²) in [4.78, 5) is 33.7. The van der Waals surface area contributed by atoms with Crippen molar-refractivity contribution in [1.82, 2.24) is 5.43 Å². The minimum Gasteiger partial charge on any atom is -0.322 e. The number of amides is 1. The fraction of sp³-hybridized carbons (Fsp3) is 0.0370. The van der Waals surface area contributed by atoms with Gasteiger partial charge in [-0.3, -0.25) is 25.0 Å². The van der Waals surface area contributed by atoms with E-state index in [2.05, 4.69) is 5.32 Å². The summed E-state index contributed by atoms with van der Waals surface area (Å²) in [6, 6.07) is 28.8. The van der Waals surface area contributed by atoms with E-state index in [1.54, 1.807) is 24.3 Å². The molecule has 1 radical (unpaired) electrons. The smallest absolute Gasteiger partial charge is 0.277 e. The Morgan fingerprint density at radius 1 is 0.744 bits per heavy atom. The zero-order valence-corrected chi connectivity index (χ0v) is 20.2. The summed E-state index contributed by atoms with van der Waals surface area (Å²) in [5.41, 5.74) is 6.07. The van der Waals surface area contributed by atoms with Crippen LogP contribution in [0.3, 0.4) is 0 Å². The van der Waals surface area contributed by atoms with Crippen LogP contribution in [-0.4, -0.2) is 28.3 Å². The van der Waals surface area contributed by atoms with Crippen LogP contribution in [0.1, 0.15) is 15.9 Å². The number of nitro groups is 2. The standard InChI is InChI=1S/C27H20N7O5/c35-27(20-15-24(33(36)37)17-25(16-20)34(38)39)28-21-9-7-8-19(14-21)26-29-31(22-10-3-1-4-11-22)18-32(30-26)23-12-5-2-6-13-23/h1-17H,18H2,(H,28,35). The molecular weight excluding hydrogens is 502 g/mol. The first kappa shape index (κ1) is 24.9. The Balaban J connectivity index is 1.45. The molecule has 1 aliphatic heterocycles. The molecule has 0 aromatic heterocycles. The number of nitrogens with zero attached hydrogens (tertiary/aromatic N) is 6. The Hall–Kier alpha value is -5.78. The van der Waals surface area contributed by atoms with Crippen molar-refractivity contribution < 1.29 is 14.6 Å². The van der Waals surface area contributed by atoms with E-state index in [9.17, 15) is 25.0 Å². The molecular formula is C27H20N7O5. The van der Waals surface area contributed by atoms with E-state index in [1.807, 2.05) is 70.7 Å². The van der Waals surface area contributed by atoms with Gasteiger partial charge in [0, 0.05) is 23.4 Å². The molecule has 0 fully saturated rings. The van der Waals surface area contributed by atoms with Crippen molar-refractivity contribution in [1.29, 1.82) is 0 Å². The van der Waals surface area contributed by atoms with Gasteiger partial charge >= 0.3 is 0 Å². The number of nitrogens with one attached hydrogen (secondary N) is 1.